The Morgan fingerprint density at radius 3 is 2.17 bits per heavy atom. The van der Waals surface area contributed by atoms with Crippen LogP contribution < -0.4 is 0 Å². The van der Waals surface area contributed by atoms with E-state index in [1.54, 1.807) is 0 Å². The Labute approximate surface area is 41.1 Å². The molecule has 34 valence electrons. The maximum absolute atomic E-state index is 10.1. The molecule has 3 heteroatoms. The molecular formula is C3H8BOP. The maximum atomic E-state index is 10.1. The Hall–Kier alpha value is 0.165. The molecule has 0 aromatic carbocycles. The molecule has 0 radical (unpaired) electrons. The fraction of sp³-hybridized carbons (Fsp3) is 0.667. The number of hydrogen-bond acceptors (Lipinski definition) is 1. The average Bonchev–Trinajstić information content (AvgIpc) is 1.36. The van der Waals surface area contributed by atoms with Crippen molar-refractivity contribution >= 4 is 22.6 Å². The van der Waals surface area contributed by atoms with Crippen molar-refractivity contribution in [3.05, 3.63) is 0 Å². The molecule has 0 spiro atoms. The molecule has 0 aromatic heterocycles. The van der Waals surface area contributed by atoms with Crippen molar-refractivity contribution in [2.75, 3.05) is 0 Å². The third-order valence-corrected chi connectivity index (χ3v) is 1.24. The minimum absolute atomic E-state index is 0.176. The topological polar surface area (TPSA) is 17.1 Å². The van der Waals surface area contributed by atoms with Gasteiger partial charge in [0.15, 0.2) is 0 Å². The van der Waals surface area contributed by atoms with Gasteiger partial charge < -0.3 is 0 Å². The van der Waals surface area contributed by atoms with Crippen molar-refractivity contribution in [3.8, 4) is 0 Å². The molecule has 0 saturated carbocycles. The maximum Gasteiger partial charge on any atom is 0.143 e. The first kappa shape index (κ1) is 6.16. The van der Waals surface area contributed by atoms with Crippen LogP contribution in [0.2, 0.25) is 5.82 Å². The summed E-state index contributed by atoms with van der Waals surface area (Å²) in [5.74, 6) is 0.176. The second-order valence-corrected chi connectivity index (χ2v) is 2.13. The molecule has 6 heavy (non-hydrogen) atoms. The Bertz CT molecular complexity index is 61.8. The van der Waals surface area contributed by atoms with Crippen LogP contribution in [0.3, 0.4) is 0 Å². The van der Waals surface area contributed by atoms with Gasteiger partial charge in [0.1, 0.15) is 13.4 Å². The van der Waals surface area contributed by atoms with Crippen molar-refractivity contribution in [2.24, 2.45) is 0 Å². The van der Waals surface area contributed by atoms with Crippen LogP contribution in [0.1, 0.15) is 6.92 Å². The number of carbonyl (C=O) groups is 1. The monoisotopic (exact) mass is 102 g/mol. The van der Waals surface area contributed by atoms with Crippen molar-refractivity contribution in [1.82, 2.24) is 0 Å². The zero-order chi connectivity index (χ0) is 5.15. The molecule has 0 saturated heterocycles. The predicted molar refractivity (Wildman–Crippen MR) is 32.7 cm³/mol. The van der Waals surface area contributed by atoms with E-state index in [-0.39, 0.29) is 11.3 Å². The summed E-state index contributed by atoms with van der Waals surface area (Å²) in [7, 11) is 4.00. The molecule has 0 amide bonds. The highest BCUT2D eigenvalue weighted by Crippen LogP contribution is 2.01. The second kappa shape index (κ2) is 2.36. The standard InChI is InChI=1S/C3H8BOP/c1-2(4)3(5)6/h2H,4,6H2,1H3. The lowest BCUT2D eigenvalue weighted by Gasteiger charge is -1.90. The molecule has 0 heterocycles. The Balaban J connectivity index is 3.26. The summed E-state index contributed by atoms with van der Waals surface area (Å²) in [5, 5.41) is 0. The predicted octanol–water partition coefficient (Wildman–Crippen LogP) is -0.170. The van der Waals surface area contributed by atoms with Crippen LogP contribution in [0.4, 0.5) is 0 Å². The Morgan fingerprint density at radius 1 is 2.00 bits per heavy atom. The lowest BCUT2D eigenvalue weighted by molar-refractivity contribution is -0.110. The largest absolute Gasteiger partial charge is 0.296 e. The first-order chi connectivity index (χ1) is 2.64. The van der Waals surface area contributed by atoms with Crippen molar-refractivity contribution in [1.29, 1.82) is 0 Å². The number of hydrogen-bond donors (Lipinski definition) is 0. The van der Waals surface area contributed by atoms with Gasteiger partial charge in [0.2, 0.25) is 0 Å². The molecule has 0 fully saturated rings. The average molecular weight is 102 g/mol. The molecular weight excluding hydrogens is 93.8 g/mol. The first-order valence-corrected chi connectivity index (χ1v) is 2.51. The van der Waals surface area contributed by atoms with E-state index in [4.69, 9.17) is 0 Å². The second-order valence-electron chi connectivity index (χ2n) is 1.56. The highest BCUT2D eigenvalue weighted by atomic mass is 31.0. The van der Waals surface area contributed by atoms with Crippen molar-refractivity contribution in [3.63, 3.8) is 0 Å². The smallest absolute Gasteiger partial charge is 0.143 e. The normalized spacial score (nSPS) is 13.7. The van der Waals surface area contributed by atoms with Gasteiger partial charge in [-0.1, -0.05) is 16.2 Å². The minimum atomic E-state index is 0.176. The SMILES string of the molecule is BC(C)C(=O)P. The highest BCUT2D eigenvalue weighted by Gasteiger charge is 1.95. The quantitative estimate of drug-likeness (QED) is 0.331. The number of rotatable bonds is 1. The fourth-order valence-corrected chi connectivity index (χ4v) is 0. The van der Waals surface area contributed by atoms with E-state index in [0.29, 0.717) is 0 Å². The fourth-order valence-electron chi connectivity index (χ4n) is 0. The summed E-state index contributed by atoms with van der Waals surface area (Å²) in [6, 6.07) is 0. The molecule has 0 rings (SSSR count). The molecule has 1 nitrogen and oxygen atoms in total. The van der Waals surface area contributed by atoms with Gasteiger partial charge in [-0.25, -0.2) is 0 Å². The molecule has 0 aromatic rings. The molecule has 2 atom stereocenters. The van der Waals surface area contributed by atoms with Crippen molar-refractivity contribution < 1.29 is 4.79 Å². The Morgan fingerprint density at radius 2 is 2.17 bits per heavy atom. The van der Waals surface area contributed by atoms with E-state index < -0.39 is 0 Å². The van der Waals surface area contributed by atoms with E-state index >= 15 is 0 Å². The molecule has 0 aliphatic heterocycles. The van der Waals surface area contributed by atoms with Gasteiger partial charge in [-0.3, -0.25) is 4.79 Å². The lowest BCUT2D eigenvalue weighted by Crippen LogP contribution is -1.92. The van der Waals surface area contributed by atoms with Crippen LogP contribution in [0.15, 0.2) is 0 Å². The molecule has 0 aliphatic carbocycles. The third-order valence-electron chi connectivity index (χ3n) is 0.569. The van der Waals surface area contributed by atoms with E-state index in [2.05, 4.69) is 9.24 Å². The van der Waals surface area contributed by atoms with Gasteiger partial charge in [-0.15, -0.1) is 0 Å². The summed E-state index contributed by atoms with van der Waals surface area (Å²) in [4.78, 5) is 10.1. The summed E-state index contributed by atoms with van der Waals surface area (Å²) < 4.78 is 0. The van der Waals surface area contributed by atoms with Gasteiger partial charge in [0, 0.05) is 0 Å². The molecule has 0 aliphatic rings. The third kappa shape index (κ3) is 2.41. The zero-order valence-electron chi connectivity index (χ0n) is 4.06. The van der Waals surface area contributed by atoms with Gasteiger partial charge in [0.05, 0.1) is 0 Å². The Kier molecular flexibility index (Phi) is 2.42. The van der Waals surface area contributed by atoms with Gasteiger partial charge in [-0.2, -0.15) is 0 Å². The van der Waals surface area contributed by atoms with Crippen LogP contribution >= 0.6 is 9.24 Å². The molecule has 0 N–H and O–H groups in total. The van der Waals surface area contributed by atoms with E-state index in [0.717, 1.165) is 0 Å². The van der Waals surface area contributed by atoms with Gasteiger partial charge >= 0.3 is 0 Å². The molecule has 0 bridgehead atoms. The van der Waals surface area contributed by atoms with Crippen LogP contribution in [-0.2, 0) is 4.79 Å². The van der Waals surface area contributed by atoms with E-state index in [1.165, 1.54) is 0 Å². The van der Waals surface area contributed by atoms with Crippen LogP contribution in [0.5, 0.6) is 0 Å². The van der Waals surface area contributed by atoms with Gasteiger partial charge in [0.25, 0.3) is 0 Å². The zero-order valence-corrected chi connectivity index (χ0v) is 5.22. The molecule has 2 unspecified atom stereocenters. The van der Waals surface area contributed by atoms with Gasteiger partial charge in [-0.05, 0) is 5.82 Å². The number of carbonyl (C=O) groups excluding carboxylic acids is 1. The first-order valence-electron chi connectivity index (χ1n) is 1.94. The van der Waals surface area contributed by atoms with Crippen LogP contribution in [0, 0.1) is 0 Å². The summed E-state index contributed by atoms with van der Waals surface area (Å²) >= 11 is 0. The summed E-state index contributed by atoms with van der Waals surface area (Å²) in [5.41, 5.74) is 0.176. The summed E-state index contributed by atoms with van der Waals surface area (Å²) in [6.07, 6.45) is 0. The van der Waals surface area contributed by atoms with E-state index in [9.17, 15) is 4.79 Å². The summed E-state index contributed by atoms with van der Waals surface area (Å²) in [6.45, 7) is 1.87. The minimum Gasteiger partial charge on any atom is -0.296 e. The van der Waals surface area contributed by atoms with E-state index in [1.807, 2.05) is 14.8 Å². The highest BCUT2D eigenvalue weighted by molar-refractivity contribution is 7.40. The van der Waals surface area contributed by atoms with Crippen LogP contribution in [0.25, 0.3) is 0 Å². The van der Waals surface area contributed by atoms with Crippen molar-refractivity contribution in [2.45, 2.75) is 12.7 Å². The van der Waals surface area contributed by atoms with Crippen LogP contribution in [-0.4, -0.2) is 13.4 Å². The lowest BCUT2D eigenvalue weighted by atomic mass is 9.91.